The second-order valence-electron chi connectivity index (χ2n) is 3.34. The van der Waals surface area contributed by atoms with Crippen LogP contribution in [0.1, 0.15) is 10.8 Å². The van der Waals surface area contributed by atoms with E-state index in [4.69, 9.17) is 11.6 Å². The fourth-order valence-corrected chi connectivity index (χ4v) is 2.22. The molecule has 0 amide bonds. The topological polar surface area (TPSA) is 55.6 Å². The number of nitrogens with one attached hydrogen (secondary N) is 1. The first-order valence-electron chi connectivity index (χ1n) is 4.89. The van der Waals surface area contributed by atoms with Gasteiger partial charge in [-0.25, -0.2) is 4.98 Å². The standard InChI is InChI=1S/C9H12ClN5S/c1-15-6-13-14-8(15)2-3-11-5-9-12-4-7(10)16-9/h4,6,11H,2-3,5H2,1H3. The molecule has 0 aliphatic rings. The number of hydrogen-bond donors (Lipinski definition) is 1. The summed E-state index contributed by atoms with van der Waals surface area (Å²) in [4.78, 5) is 4.16. The van der Waals surface area contributed by atoms with Crippen molar-refractivity contribution in [3.05, 3.63) is 27.7 Å². The molecule has 2 rings (SSSR count). The minimum absolute atomic E-state index is 0.727. The van der Waals surface area contributed by atoms with Crippen LogP contribution in [0.4, 0.5) is 0 Å². The minimum Gasteiger partial charge on any atom is -0.321 e. The maximum atomic E-state index is 5.78. The van der Waals surface area contributed by atoms with Crippen LogP contribution in [0.2, 0.25) is 4.34 Å². The largest absolute Gasteiger partial charge is 0.321 e. The quantitative estimate of drug-likeness (QED) is 0.820. The van der Waals surface area contributed by atoms with Crippen LogP contribution in [0.3, 0.4) is 0 Å². The Morgan fingerprint density at radius 3 is 3.06 bits per heavy atom. The number of hydrogen-bond acceptors (Lipinski definition) is 5. The number of halogens is 1. The zero-order valence-electron chi connectivity index (χ0n) is 8.85. The smallest absolute Gasteiger partial charge is 0.133 e. The third-order valence-corrected chi connectivity index (χ3v) is 3.25. The molecular weight excluding hydrogens is 246 g/mol. The van der Waals surface area contributed by atoms with E-state index in [0.717, 1.165) is 34.7 Å². The highest BCUT2D eigenvalue weighted by molar-refractivity contribution is 7.15. The third kappa shape index (κ3) is 3.01. The van der Waals surface area contributed by atoms with Gasteiger partial charge in [-0.3, -0.25) is 0 Å². The van der Waals surface area contributed by atoms with Gasteiger partial charge in [0.15, 0.2) is 0 Å². The van der Waals surface area contributed by atoms with Crippen LogP contribution in [0.5, 0.6) is 0 Å². The van der Waals surface area contributed by atoms with Crippen molar-refractivity contribution >= 4 is 22.9 Å². The zero-order chi connectivity index (χ0) is 11.4. The lowest BCUT2D eigenvalue weighted by atomic mass is 10.4. The van der Waals surface area contributed by atoms with E-state index < -0.39 is 0 Å². The third-order valence-electron chi connectivity index (χ3n) is 2.13. The highest BCUT2D eigenvalue weighted by Gasteiger charge is 2.01. The van der Waals surface area contributed by atoms with E-state index in [2.05, 4.69) is 20.5 Å². The zero-order valence-corrected chi connectivity index (χ0v) is 10.4. The van der Waals surface area contributed by atoms with E-state index in [0.29, 0.717) is 0 Å². The average molecular weight is 258 g/mol. The predicted molar refractivity (Wildman–Crippen MR) is 63.5 cm³/mol. The van der Waals surface area contributed by atoms with Crippen LogP contribution in [0.25, 0.3) is 0 Å². The maximum Gasteiger partial charge on any atom is 0.133 e. The highest BCUT2D eigenvalue weighted by Crippen LogP contribution is 2.17. The Hall–Kier alpha value is -0.980. The second-order valence-corrected chi connectivity index (χ2v) is 5.09. The van der Waals surface area contributed by atoms with E-state index in [9.17, 15) is 0 Å². The first kappa shape index (κ1) is 11.5. The molecular formula is C9H12ClN5S. The first-order chi connectivity index (χ1) is 7.75. The Balaban J connectivity index is 1.71. The summed E-state index contributed by atoms with van der Waals surface area (Å²) < 4.78 is 2.65. The fraction of sp³-hybridized carbons (Fsp3) is 0.444. The van der Waals surface area contributed by atoms with Crippen LogP contribution in [-0.4, -0.2) is 26.3 Å². The molecule has 0 unspecified atom stereocenters. The van der Waals surface area contributed by atoms with Crippen LogP contribution < -0.4 is 5.32 Å². The minimum atomic E-state index is 0.727. The summed E-state index contributed by atoms with van der Waals surface area (Å²) in [6.45, 7) is 1.60. The lowest BCUT2D eigenvalue weighted by Gasteiger charge is -2.01. The summed E-state index contributed by atoms with van der Waals surface area (Å²) in [6.07, 6.45) is 4.23. The molecule has 0 bridgehead atoms. The molecule has 0 fully saturated rings. The first-order valence-corrected chi connectivity index (χ1v) is 6.09. The van der Waals surface area contributed by atoms with Crippen molar-refractivity contribution in [2.24, 2.45) is 7.05 Å². The Labute approximate surface area is 102 Å². The molecule has 2 heterocycles. The molecule has 0 aliphatic heterocycles. The predicted octanol–water partition coefficient (Wildman–Crippen LogP) is 1.26. The van der Waals surface area contributed by atoms with Crippen molar-refractivity contribution in [2.45, 2.75) is 13.0 Å². The van der Waals surface area contributed by atoms with Gasteiger partial charge in [-0.15, -0.1) is 21.5 Å². The second kappa shape index (κ2) is 5.38. The van der Waals surface area contributed by atoms with Gasteiger partial charge in [-0.2, -0.15) is 0 Å². The van der Waals surface area contributed by atoms with Gasteiger partial charge >= 0.3 is 0 Å². The van der Waals surface area contributed by atoms with E-state index in [1.807, 2.05) is 11.6 Å². The average Bonchev–Trinajstić information content (AvgIpc) is 2.83. The van der Waals surface area contributed by atoms with Gasteiger partial charge in [-0.1, -0.05) is 11.6 Å². The van der Waals surface area contributed by atoms with Crippen molar-refractivity contribution < 1.29 is 0 Å². The Morgan fingerprint density at radius 2 is 2.44 bits per heavy atom. The van der Waals surface area contributed by atoms with Gasteiger partial charge in [-0.05, 0) is 0 Å². The molecule has 86 valence electrons. The van der Waals surface area contributed by atoms with E-state index >= 15 is 0 Å². The Bertz CT molecular complexity index is 452. The van der Waals surface area contributed by atoms with Gasteiger partial charge < -0.3 is 9.88 Å². The lowest BCUT2D eigenvalue weighted by Crippen LogP contribution is -2.18. The molecule has 16 heavy (non-hydrogen) atoms. The molecule has 0 aliphatic carbocycles. The summed E-state index contributed by atoms with van der Waals surface area (Å²) >= 11 is 7.28. The molecule has 0 aromatic carbocycles. The van der Waals surface area contributed by atoms with Gasteiger partial charge in [0.25, 0.3) is 0 Å². The molecule has 7 heteroatoms. The molecule has 0 atom stereocenters. The van der Waals surface area contributed by atoms with E-state index in [1.54, 1.807) is 12.5 Å². The molecule has 0 spiro atoms. The van der Waals surface area contributed by atoms with Crippen molar-refractivity contribution in [3.63, 3.8) is 0 Å². The van der Waals surface area contributed by atoms with Crippen LogP contribution in [-0.2, 0) is 20.0 Å². The maximum absolute atomic E-state index is 5.78. The number of rotatable bonds is 5. The van der Waals surface area contributed by atoms with Crippen molar-refractivity contribution in [2.75, 3.05) is 6.54 Å². The van der Waals surface area contributed by atoms with Gasteiger partial charge in [0, 0.05) is 26.6 Å². The van der Waals surface area contributed by atoms with Crippen LogP contribution >= 0.6 is 22.9 Å². The summed E-state index contributed by atoms with van der Waals surface area (Å²) in [6, 6.07) is 0. The van der Waals surface area contributed by atoms with Crippen molar-refractivity contribution in [3.8, 4) is 0 Å². The van der Waals surface area contributed by atoms with Gasteiger partial charge in [0.05, 0.1) is 6.20 Å². The highest BCUT2D eigenvalue weighted by atomic mass is 35.5. The number of aryl methyl sites for hydroxylation is 1. The van der Waals surface area contributed by atoms with Crippen molar-refractivity contribution in [1.82, 2.24) is 25.1 Å². The summed E-state index contributed by atoms with van der Waals surface area (Å²) in [5.41, 5.74) is 0. The van der Waals surface area contributed by atoms with Crippen molar-refractivity contribution in [1.29, 1.82) is 0 Å². The summed E-state index contributed by atoms with van der Waals surface area (Å²) in [7, 11) is 1.94. The van der Waals surface area contributed by atoms with Crippen LogP contribution in [0, 0.1) is 0 Å². The molecule has 0 saturated carbocycles. The van der Waals surface area contributed by atoms with E-state index in [-0.39, 0.29) is 0 Å². The van der Waals surface area contributed by atoms with Gasteiger partial charge in [0.2, 0.25) is 0 Å². The molecule has 2 aromatic rings. The van der Waals surface area contributed by atoms with E-state index in [1.165, 1.54) is 11.3 Å². The fourth-order valence-electron chi connectivity index (χ4n) is 1.30. The molecule has 0 radical (unpaired) electrons. The Morgan fingerprint density at radius 1 is 1.56 bits per heavy atom. The molecule has 2 aromatic heterocycles. The molecule has 5 nitrogen and oxygen atoms in total. The van der Waals surface area contributed by atoms with Crippen LogP contribution in [0.15, 0.2) is 12.5 Å². The number of nitrogens with zero attached hydrogens (tertiary/aromatic N) is 4. The Kier molecular flexibility index (Phi) is 3.87. The lowest BCUT2D eigenvalue weighted by molar-refractivity contribution is 0.652. The number of aromatic nitrogens is 4. The molecule has 1 N–H and O–H groups in total. The normalized spacial score (nSPS) is 10.9. The summed E-state index contributed by atoms with van der Waals surface area (Å²) in [5, 5.41) is 12.1. The molecule has 0 saturated heterocycles. The number of thiazole rings is 1. The summed E-state index contributed by atoms with van der Waals surface area (Å²) in [5.74, 6) is 0.977. The SMILES string of the molecule is Cn1cnnc1CCNCc1ncc(Cl)s1. The monoisotopic (exact) mass is 257 g/mol. The van der Waals surface area contributed by atoms with Gasteiger partial charge in [0.1, 0.15) is 21.5 Å².